The number of amides is 1. The summed E-state index contributed by atoms with van der Waals surface area (Å²) in [4.78, 5) is 17.0. The van der Waals surface area contributed by atoms with Crippen molar-refractivity contribution in [2.75, 3.05) is 0 Å². The molecule has 3 aromatic rings. The minimum absolute atomic E-state index is 0.0322. The summed E-state index contributed by atoms with van der Waals surface area (Å²) in [5, 5.41) is 5.10. The number of fused-ring (bicyclic) bond motifs is 1. The van der Waals surface area contributed by atoms with Crippen LogP contribution in [0.2, 0.25) is 0 Å². The molecule has 0 aliphatic heterocycles. The Bertz CT molecular complexity index is 867. The van der Waals surface area contributed by atoms with Crippen molar-refractivity contribution in [1.29, 1.82) is 0 Å². The van der Waals surface area contributed by atoms with Gasteiger partial charge in [-0.1, -0.05) is 12.5 Å². The number of pyridine rings is 1. The van der Waals surface area contributed by atoms with Gasteiger partial charge in [-0.15, -0.1) is 11.3 Å². The van der Waals surface area contributed by atoms with Crippen LogP contribution in [0.25, 0.3) is 10.2 Å². The maximum Gasteiger partial charge on any atom is 0.268 e. The third kappa shape index (κ3) is 3.00. The van der Waals surface area contributed by atoms with Crippen LogP contribution in [0.1, 0.15) is 35.4 Å². The predicted octanol–water partition coefficient (Wildman–Crippen LogP) is 4.59. The van der Waals surface area contributed by atoms with Crippen molar-refractivity contribution in [2.24, 2.45) is 5.92 Å². The number of hydrogen-bond acceptors (Lipinski definition) is 3. The Morgan fingerprint density at radius 3 is 3.00 bits per heavy atom. The molecule has 3 aromatic heterocycles. The van der Waals surface area contributed by atoms with E-state index in [-0.39, 0.29) is 5.91 Å². The molecule has 1 aliphatic carbocycles. The van der Waals surface area contributed by atoms with Crippen molar-refractivity contribution in [3.63, 3.8) is 0 Å². The molecule has 24 heavy (non-hydrogen) atoms. The lowest BCUT2D eigenvalue weighted by Gasteiger charge is -2.27. The van der Waals surface area contributed by atoms with Crippen LogP contribution in [-0.2, 0) is 13.1 Å². The van der Waals surface area contributed by atoms with Gasteiger partial charge in [0.05, 0.1) is 26.9 Å². The number of hydrogen-bond donors (Lipinski definition) is 1. The topological polar surface area (TPSA) is 46.9 Å². The van der Waals surface area contributed by atoms with E-state index in [0.717, 1.165) is 32.6 Å². The molecule has 0 spiro atoms. The van der Waals surface area contributed by atoms with Gasteiger partial charge in [0.15, 0.2) is 0 Å². The molecule has 0 atom stereocenters. The Morgan fingerprint density at radius 2 is 2.29 bits per heavy atom. The molecular weight excluding hydrogens is 386 g/mol. The summed E-state index contributed by atoms with van der Waals surface area (Å²) >= 11 is 5.31. The molecule has 0 bridgehead atoms. The fraction of sp³-hybridized carbons (Fsp3) is 0.333. The zero-order valence-corrected chi connectivity index (χ0v) is 15.6. The molecule has 4 rings (SSSR count). The second kappa shape index (κ2) is 6.69. The minimum Gasteiger partial charge on any atom is -0.345 e. The van der Waals surface area contributed by atoms with Crippen molar-refractivity contribution >= 4 is 43.4 Å². The smallest absolute Gasteiger partial charge is 0.268 e. The average molecular weight is 404 g/mol. The second-order valence-electron chi connectivity index (χ2n) is 6.24. The quantitative estimate of drug-likeness (QED) is 0.676. The van der Waals surface area contributed by atoms with Gasteiger partial charge in [0.1, 0.15) is 5.69 Å². The molecule has 0 aromatic carbocycles. The third-order valence-electron chi connectivity index (χ3n) is 4.63. The Hall–Kier alpha value is -1.66. The minimum atomic E-state index is -0.0322. The van der Waals surface area contributed by atoms with Gasteiger partial charge in [-0.3, -0.25) is 9.78 Å². The van der Waals surface area contributed by atoms with E-state index in [0.29, 0.717) is 12.5 Å². The van der Waals surface area contributed by atoms with Gasteiger partial charge in [0.2, 0.25) is 0 Å². The van der Waals surface area contributed by atoms with Gasteiger partial charge in [-0.25, -0.2) is 0 Å². The number of aromatic nitrogens is 2. The fourth-order valence-electron chi connectivity index (χ4n) is 3.11. The summed E-state index contributed by atoms with van der Waals surface area (Å²) < 4.78 is 4.42. The Balaban J connectivity index is 1.59. The van der Waals surface area contributed by atoms with Crippen LogP contribution in [0.3, 0.4) is 0 Å². The number of rotatable bonds is 5. The Morgan fingerprint density at radius 1 is 1.42 bits per heavy atom. The summed E-state index contributed by atoms with van der Waals surface area (Å²) in [6.07, 6.45) is 5.57. The van der Waals surface area contributed by atoms with E-state index < -0.39 is 0 Å². The van der Waals surface area contributed by atoms with Crippen molar-refractivity contribution < 1.29 is 4.79 Å². The number of nitrogens with one attached hydrogen (secondary N) is 1. The first-order valence-electron chi connectivity index (χ1n) is 8.16. The van der Waals surface area contributed by atoms with Crippen LogP contribution >= 0.6 is 27.3 Å². The highest BCUT2D eigenvalue weighted by atomic mass is 79.9. The highest BCUT2D eigenvalue weighted by Crippen LogP contribution is 2.36. The predicted molar refractivity (Wildman–Crippen MR) is 100 cm³/mol. The molecule has 3 heterocycles. The van der Waals surface area contributed by atoms with E-state index in [2.05, 4.69) is 36.2 Å². The first-order chi connectivity index (χ1) is 11.7. The molecule has 6 heteroatoms. The summed E-state index contributed by atoms with van der Waals surface area (Å²) in [7, 11) is 0. The number of thiophene rings is 1. The molecule has 124 valence electrons. The number of nitrogens with zero attached hydrogens (tertiary/aromatic N) is 2. The first-order valence-corrected chi connectivity index (χ1v) is 9.84. The summed E-state index contributed by atoms with van der Waals surface area (Å²) in [6.45, 7) is 1.37. The lowest BCUT2D eigenvalue weighted by atomic mass is 9.85. The van der Waals surface area contributed by atoms with Gasteiger partial charge in [0.25, 0.3) is 5.91 Å². The van der Waals surface area contributed by atoms with Crippen LogP contribution in [0.5, 0.6) is 0 Å². The largest absolute Gasteiger partial charge is 0.345 e. The molecule has 0 unspecified atom stereocenters. The summed E-state index contributed by atoms with van der Waals surface area (Å²) in [6, 6.07) is 7.74. The van der Waals surface area contributed by atoms with Crippen LogP contribution in [0, 0.1) is 5.92 Å². The van der Waals surface area contributed by atoms with Gasteiger partial charge < -0.3 is 9.88 Å². The zero-order valence-electron chi connectivity index (χ0n) is 13.2. The highest BCUT2D eigenvalue weighted by Gasteiger charge is 2.24. The highest BCUT2D eigenvalue weighted by molar-refractivity contribution is 9.10. The van der Waals surface area contributed by atoms with E-state index in [1.807, 2.05) is 24.3 Å². The SMILES string of the molecule is O=C(NCc1ccccn1)c1cc2scc(Br)c2n1CC1CCC1. The molecular formula is C18H18BrN3OS. The monoisotopic (exact) mass is 403 g/mol. The molecule has 0 radical (unpaired) electrons. The lowest BCUT2D eigenvalue weighted by Crippen LogP contribution is -2.28. The van der Waals surface area contributed by atoms with Crippen molar-refractivity contribution in [2.45, 2.75) is 32.4 Å². The van der Waals surface area contributed by atoms with Gasteiger partial charge in [0, 0.05) is 18.1 Å². The zero-order chi connectivity index (χ0) is 16.5. The lowest BCUT2D eigenvalue weighted by molar-refractivity contribution is 0.0939. The van der Waals surface area contributed by atoms with Gasteiger partial charge >= 0.3 is 0 Å². The van der Waals surface area contributed by atoms with Crippen LogP contribution in [-0.4, -0.2) is 15.5 Å². The maximum atomic E-state index is 12.7. The maximum absolute atomic E-state index is 12.7. The van der Waals surface area contributed by atoms with E-state index >= 15 is 0 Å². The number of carbonyl (C=O) groups is 1. The fourth-order valence-corrected chi connectivity index (χ4v) is 4.80. The standard InChI is InChI=1S/C18H18BrN3OS/c19-14-11-24-16-8-15(22(17(14)16)10-12-4-3-5-12)18(23)21-9-13-6-1-2-7-20-13/h1-2,6-8,11-12H,3-5,9-10H2,(H,21,23). The average Bonchev–Trinajstić information content (AvgIpc) is 3.10. The molecule has 1 aliphatic rings. The van der Waals surface area contributed by atoms with E-state index in [1.165, 1.54) is 19.3 Å². The summed E-state index contributed by atoms with van der Waals surface area (Å²) in [5.74, 6) is 0.657. The third-order valence-corrected chi connectivity index (χ3v) is 6.46. The molecule has 1 amide bonds. The van der Waals surface area contributed by atoms with Gasteiger partial charge in [-0.2, -0.15) is 0 Å². The molecule has 1 fully saturated rings. The van der Waals surface area contributed by atoms with E-state index in [4.69, 9.17) is 0 Å². The van der Waals surface area contributed by atoms with E-state index in [9.17, 15) is 4.79 Å². The number of carbonyl (C=O) groups excluding carboxylic acids is 1. The van der Waals surface area contributed by atoms with Crippen LogP contribution in [0.15, 0.2) is 40.3 Å². The first kappa shape index (κ1) is 15.8. The van der Waals surface area contributed by atoms with Gasteiger partial charge in [-0.05, 0) is 52.9 Å². The Labute approximate surface area is 153 Å². The number of halogens is 1. The van der Waals surface area contributed by atoms with Crippen LogP contribution < -0.4 is 5.32 Å². The van der Waals surface area contributed by atoms with E-state index in [1.54, 1.807) is 17.5 Å². The molecule has 0 saturated heterocycles. The van der Waals surface area contributed by atoms with Crippen molar-refractivity contribution in [1.82, 2.24) is 14.9 Å². The molecule has 1 saturated carbocycles. The Kier molecular flexibility index (Phi) is 4.41. The second-order valence-corrected chi connectivity index (χ2v) is 8.00. The normalized spacial score (nSPS) is 14.7. The molecule has 4 nitrogen and oxygen atoms in total. The van der Waals surface area contributed by atoms with Crippen molar-refractivity contribution in [3.05, 3.63) is 51.7 Å². The van der Waals surface area contributed by atoms with Crippen LogP contribution in [0.4, 0.5) is 0 Å². The molecule has 1 N–H and O–H groups in total. The summed E-state index contributed by atoms with van der Waals surface area (Å²) in [5.41, 5.74) is 2.77. The van der Waals surface area contributed by atoms with Crippen molar-refractivity contribution in [3.8, 4) is 0 Å².